The van der Waals surface area contributed by atoms with Gasteiger partial charge in [0, 0.05) is 12.2 Å². The summed E-state index contributed by atoms with van der Waals surface area (Å²) in [6, 6.07) is 8.34. The van der Waals surface area contributed by atoms with Crippen LogP contribution in [0, 0.1) is 0 Å². The lowest BCUT2D eigenvalue weighted by atomic mass is 10.1. The quantitative estimate of drug-likeness (QED) is 0.927. The van der Waals surface area contributed by atoms with Crippen molar-refractivity contribution >= 4 is 0 Å². The van der Waals surface area contributed by atoms with Crippen molar-refractivity contribution in [2.75, 3.05) is 7.05 Å². The van der Waals surface area contributed by atoms with Crippen LogP contribution in [-0.4, -0.2) is 16.8 Å². The van der Waals surface area contributed by atoms with Crippen LogP contribution in [0.5, 0.6) is 0 Å². The van der Waals surface area contributed by atoms with E-state index >= 15 is 0 Å². The molecule has 3 nitrogen and oxygen atoms in total. The van der Waals surface area contributed by atoms with Gasteiger partial charge in [0.1, 0.15) is 0 Å². The average Bonchev–Trinajstić information content (AvgIpc) is 2.87. The third-order valence-corrected chi connectivity index (χ3v) is 2.95. The van der Waals surface area contributed by atoms with Crippen molar-refractivity contribution in [3.63, 3.8) is 0 Å². The molecular weight excluding hydrogens is 255 g/mol. The first-order valence-electron chi connectivity index (χ1n) is 5.82. The van der Waals surface area contributed by atoms with E-state index in [1.54, 1.807) is 12.1 Å². The zero-order valence-corrected chi connectivity index (χ0v) is 10.6. The van der Waals surface area contributed by atoms with Gasteiger partial charge in [-0.2, -0.15) is 18.3 Å². The fraction of sp³-hybridized carbons (Fsp3) is 0.308. The molecule has 0 aliphatic carbocycles. The highest BCUT2D eigenvalue weighted by molar-refractivity contribution is 5.36. The number of halogens is 3. The van der Waals surface area contributed by atoms with Crippen molar-refractivity contribution in [2.45, 2.75) is 19.1 Å². The first-order chi connectivity index (χ1) is 8.91. The molecule has 0 amide bonds. The summed E-state index contributed by atoms with van der Waals surface area (Å²) >= 11 is 0. The summed E-state index contributed by atoms with van der Waals surface area (Å²) in [5, 5.41) is 6.63. The summed E-state index contributed by atoms with van der Waals surface area (Å²) in [5.41, 5.74) is 0.707. The van der Waals surface area contributed by atoms with E-state index in [4.69, 9.17) is 0 Å². The number of nitrogens with one attached hydrogen (secondary N) is 1. The van der Waals surface area contributed by atoms with Gasteiger partial charge in [-0.05, 0) is 37.7 Å². The van der Waals surface area contributed by atoms with Crippen LogP contribution < -0.4 is 5.32 Å². The van der Waals surface area contributed by atoms with Crippen LogP contribution in [0.2, 0.25) is 0 Å². The molecule has 1 aromatic heterocycles. The van der Waals surface area contributed by atoms with Gasteiger partial charge in [-0.3, -0.25) is 0 Å². The molecule has 1 aromatic carbocycles. The van der Waals surface area contributed by atoms with E-state index in [0.29, 0.717) is 5.69 Å². The van der Waals surface area contributed by atoms with Crippen LogP contribution in [0.3, 0.4) is 0 Å². The molecule has 2 aromatic rings. The fourth-order valence-corrected chi connectivity index (χ4v) is 1.72. The molecule has 0 saturated carbocycles. The summed E-state index contributed by atoms with van der Waals surface area (Å²) in [4.78, 5) is 0. The molecule has 102 valence electrons. The van der Waals surface area contributed by atoms with Gasteiger partial charge in [0.05, 0.1) is 5.69 Å². The van der Waals surface area contributed by atoms with Crippen molar-refractivity contribution in [1.29, 1.82) is 0 Å². The van der Waals surface area contributed by atoms with E-state index in [2.05, 4.69) is 10.4 Å². The third kappa shape index (κ3) is 2.96. The molecule has 1 atom stereocenters. The highest BCUT2D eigenvalue weighted by Gasteiger charge is 2.33. The van der Waals surface area contributed by atoms with Crippen molar-refractivity contribution in [2.24, 2.45) is 0 Å². The zero-order valence-electron chi connectivity index (χ0n) is 10.6. The summed E-state index contributed by atoms with van der Waals surface area (Å²) in [5.74, 6) is 0. The Balaban J connectivity index is 2.34. The molecule has 0 radical (unpaired) electrons. The lowest BCUT2D eigenvalue weighted by Gasteiger charge is -2.12. The van der Waals surface area contributed by atoms with Gasteiger partial charge < -0.3 is 5.32 Å². The van der Waals surface area contributed by atoms with Crippen LogP contribution in [0.15, 0.2) is 36.5 Å². The van der Waals surface area contributed by atoms with E-state index in [9.17, 15) is 13.2 Å². The Labute approximate surface area is 109 Å². The lowest BCUT2D eigenvalue weighted by Crippen LogP contribution is -2.12. The van der Waals surface area contributed by atoms with Crippen molar-refractivity contribution in [3.05, 3.63) is 47.8 Å². The van der Waals surface area contributed by atoms with Crippen LogP contribution in [0.25, 0.3) is 5.69 Å². The normalized spacial score (nSPS) is 13.5. The van der Waals surface area contributed by atoms with Crippen LogP contribution in [0.4, 0.5) is 13.2 Å². The van der Waals surface area contributed by atoms with E-state index in [0.717, 1.165) is 11.6 Å². The summed E-state index contributed by atoms with van der Waals surface area (Å²) in [6.07, 6.45) is -3.10. The molecule has 1 unspecified atom stereocenters. The summed E-state index contributed by atoms with van der Waals surface area (Å²) in [6.45, 7) is 1.98. The fourth-order valence-electron chi connectivity index (χ4n) is 1.72. The number of nitrogens with zero attached hydrogens (tertiary/aromatic N) is 2. The lowest BCUT2D eigenvalue weighted by molar-refractivity contribution is -0.141. The average molecular weight is 269 g/mol. The van der Waals surface area contributed by atoms with E-state index in [-0.39, 0.29) is 6.04 Å². The Morgan fingerprint density at radius 3 is 2.58 bits per heavy atom. The first kappa shape index (κ1) is 13.6. The Bertz CT molecular complexity index is 560. The number of alkyl halides is 3. The maximum Gasteiger partial charge on any atom is 0.435 e. The first-order valence-corrected chi connectivity index (χ1v) is 5.82. The molecule has 0 spiro atoms. The second kappa shape index (κ2) is 5.05. The number of benzene rings is 1. The molecule has 0 bridgehead atoms. The van der Waals surface area contributed by atoms with Gasteiger partial charge >= 0.3 is 6.18 Å². The Morgan fingerprint density at radius 1 is 1.26 bits per heavy atom. The van der Waals surface area contributed by atoms with Crippen LogP contribution >= 0.6 is 0 Å². The largest absolute Gasteiger partial charge is 0.435 e. The highest BCUT2D eigenvalue weighted by Crippen LogP contribution is 2.28. The molecule has 6 heteroatoms. The minimum absolute atomic E-state index is 0.123. The molecule has 0 saturated heterocycles. The number of aromatic nitrogens is 2. The minimum atomic E-state index is -4.42. The zero-order chi connectivity index (χ0) is 14.0. The highest BCUT2D eigenvalue weighted by atomic mass is 19.4. The van der Waals surface area contributed by atoms with Crippen LogP contribution in [0.1, 0.15) is 24.2 Å². The SMILES string of the molecule is CNC(C)c1cccc(-n2ccc(C(F)(F)F)n2)c1. The number of hydrogen-bond acceptors (Lipinski definition) is 2. The van der Waals surface area contributed by atoms with Gasteiger partial charge in [-0.1, -0.05) is 12.1 Å². The molecule has 0 aliphatic heterocycles. The van der Waals surface area contributed by atoms with Crippen molar-refractivity contribution < 1.29 is 13.2 Å². The Morgan fingerprint density at radius 2 is 2.00 bits per heavy atom. The number of hydrogen-bond donors (Lipinski definition) is 1. The molecule has 1 N–H and O–H groups in total. The van der Waals surface area contributed by atoms with Gasteiger partial charge in [-0.15, -0.1) is 0 Å². The summed E-state index contributed by atoms with van der Waals surface area (Å²) in [7, 11) is 1.83. The topological polar surface area (TPSA) is 29.9 Å². The predicted molar refractivity (Wildman–Crippen MR) is 66.0 cm³/mol. The van der Waals surface area contributed by atoms with Gasteiger partial charge in [0.2, 0.25) is 0 Å². The molecule has 19 heavy (non-hydrogen) atoms. The predicted octanol–water partition coefficient (Wildman–Crippen LogP) is 3.17. The third-order valence-electron chi connectivity index (χ3n) is 2.95. The summed E-state index contributed by atoms with van der Waals surface area (Å²) < 4.78 is 38.7. The smallest absolute Gasteiger partial charge is 0.313 e. The molecule has 0 aliphatic rings. The minimum Gasteiger partial charge on any atom is -0.313 e. The Hall–Kier alpha value is -1.82. The number of rotatable bonds is 3. The maximum absolute atomic E-state index is 12.5. The van der Waals surface area contributed by atoms with Crippen molar-refractivity contribution in [1.82, 2.24) is 15.1 Å². The van der Waals surface area contributed by atoms with E-state index < -0.39 is 11.9 Å². The molecule has 0 fully saturated rings. The van der Waals surface area contributed by atoms with E-state index in [1.165, 1.54) is 10.9 Å². The van der Waals surface area contributed by atoms with Crippen LogP contribution in [-0.2, 0) is 6.18 Å². The van der Waals surface area contributed by atoms with Gasteiger partial charge in [0.15, 0.2) is 5.69 Å². The standard InChI is InChI=1S/C13H14F3N3/c1-9(17-2)10-4-3-5-11(8-10)19-7-6-12(18-19)13(14,15)16/h3-9,17H,1-2H3. The van der Waals surface area contributed by atoms with Gasteiger partial charge in [0.25, 0.3) is 0 Å². The molecular formula is C13H14F3N3. The second-order valence-electron chi connectivity index (χ2n) is 4.25. The Kier molecular flexibility index (Phi) is 3.61. The van der Waals surface area contributed by atoms with Crippen molar-refractivity contribution in [3.8, 4) is 5.69 Å². The monoisotopic (exact) mass is 269 g/mol. The van der Waals surface area contributed by atoms with Gasteiger partial charge in [-0.25, -0.2) is 4.68 Å². The van der Waals surface area contributed by atoms with E-state index in [1.807, 2.05) is 26.1 Å². The molecule has 2 rings (SSSR count). The molecule has 1 heterocycles. The maximum atomic E-state index is 12.5. The second-order valence-corrected chi connectivity index (χ2v) is 4.25.